The van der Waals surface area contributed by atoms with Crippen LogP contribution in [0.2, 0.25) is 0 Å². The summed E-state index contributed by atoms with van der Waals surface area (Å²) in [6.07, 6.45) is 3.60. The van der Waals surface area contributed by atoms with E-state index in [9.17, 15) is 4.79 Å². The van der Waals surface area contributed by atoms with E-state index < -0.39 is 0 Å². The third-order valence-electron chi connectivity index (χ3n) is 2.30. The molecular formula is C12H13N3O2. The van der Waals surface area contributed by atoms with Gasteiger partial charge < -0.3 is 10.1 Å². The molecule has 17 heavy (non-hydrogen) atoms. The fourth-order valence-corrected chi connectivity index (χ4v) is 1.46. The lowest BCUT2D eigenvalue weighted by Crippen LogP contribution is -2.00. The number of rotatable bonds is 3. The van der Waals surface area contributed by atoms with Gasteiger partial charge in [0.05, 0.1) is 24.6 Å². The molecule has 0 fully saturated rings. The highest BCUT2D eigenvalue weighted by molar-refractivity contribution is 5.89. The van der Waals surface area contributed by atoms with E-state index in [1.165, 1.54) is 7.11 Å². The van der Waals surface area contributed by atoms with Crippen molar-refractivity contribution in [2.75, 3.05) is 12.4 Å². The fourth-order valence-electron chi connectivity index (χ4n) is 1.46. The highest BCUT2D eigenvalue weighted by atomic mass is 16.5. The number of carbonyl (C=O) groups excluding carboxylic acids is 1. The molecule has 0 aliphatic rings. The molecule has 0 bridgehead atoms. The average molecular weight is 231 g/mol. The molecule has 0 atom stereocenters. The van der Waals surface area contributed by atoms with Gasteiger partial charge in [-0.2, -0.15) is 5.10 Å². The molecule has 88 valence electrons. The van der Waals surface area contributed by atoms with Crippen LogP contribution in [0.15, 0.2) is 36.7 Å². The summed E-state index contributed by atoms with van der Waals surface area (Å²) in [7, 11) is 3.22. The summed E-state index contributed by atoms with van der Waals surface area (Å²) in [5.41, 5.74) is 2.33. The van der Waals surface area contributed by atoms with E-state index in [1.807, 2.05) is 25.4 Å². The van der Waals surface area contributed by atoms with Gasteiger partial charge >= 0.3 is 5.97 Å². The number of methoxy groups -OCH3 is 1. The van der Waals surface area contributed by atoms with Crippen molar-refractivity contribution in [1.29, 1.82) is 0 Å². The maximum Gasteiger partial charge on any atom is 0.337 e. The first-order valence-corrected chi connectivity index (χ1v) is 5.13. The summed E-state index contributed by atoms with van der Waals surface area (Å²) < 4.78 is 6.34. The number of aryl methyl sites for hydroxylation is 1. The first kappa shape index (κ1) is 11.2. The van der Waals surface area contributed by atoms with Gasteiger partial charge in [0.1, 0.15) is 0 Å². The van der Waals surface area contributed by atoms with Crippen LogP contribution >= 0.6 is 0 Å². The summed E-state index contributed by atoms with van der Waals surface area (Å²) in [5.74, 6) is -0.335. The largest absolute Gasteiger partial charge is 0.465 e. The minimum Gasteiger partial charge on any atom is -0.465 e. The number of benzene rings is 1. The van der Waals surface area contributed by atoms with Crippen molar-refractivity contribution in [2.45, 2.75) is 0 Å². The van der Waals surface area contributed by atoms with Crippen molar-refractivity contribution in [3.63, 3.8) is 0 Å². The van der Waals surface area contributed by atoms with Crippen LogP contribution in [0.25, 0.3) is 0 Å². The Morgan fingerprint density at radius 2 is 2.00 bits per heavy atom. The van der Waals surface area contributed by atoms with Gasteiger partial charge in [-0.1, -0.05) is 0 Å². The number of hydrogen-bond donors (Lipinski definition) is 1. The predicted octanol–water partition coefficient (Wildman–Crippen LogP) is 1.95. The molecule has 5 heteroatoms. The molecule has 0 aliphatic carbocycles. The van der Waals surface area contributed by atoms with Gasteiger partial charge in [-0.15, -0.1) is 0 Å². The predicted molar refractivity (Wildman–Crippen MR) is 64.3 cm³/mol. The second-order valence-electron chi connectivity index (χ2n) is 3.60. The van der Waals surface area contributed by atoms with E-state index in [1.54, 1.807) is 23.0 Å². The molecule has 0 unspecified atom stereocenters. The molecular weight excluding hydrogens is 218 g/mol. The quantitative estimate of drug-likeness (QED) is 0.820. The van der Waals surface area contributed by atoms with Gasteiger partial charge in [0.25, 0.3) is 0 Å². The van der Waals surface area contributed by atoms with Crippen LogP contribution in [0.1, 0.15) is 10.4 Å². The monoisotopic (exact) mass is 231 g/mol. The van der Waals surface area contributed by atoms with Crippen LogP contribution < -0.4 is 5.32 Å². The lowest BCUT2D eigenvalue weighted by molar-refractivity contribution is 0.0601. The Balaban J connectivity index is 2.10. The highest BCUT2D eigenvalue weighted by Crippen LogP contribution is 2.16. The van der Waals surface area contributed by atoms with Gasteiger partial charge in [-0.25, -0.2) is 4.79 Å². The zero-order chi connectivity index (χ0) is 12.3. The lowest BCUT2D eigenvalue weighted by atomic mass is 10.2. The summed E-state index contributed by atoms with van der Waals surface area (Å²) >= 11 is 0. The molecule has 5 nitrogen and oxygen atoms in total. The maximum atomic E-state index is 11.2. The Hall–Kier alpha value is -2.30. The molecule has 1 aromatic carbocycles. The van der Waals surface area contributed by atoms with Gasteiger partial charge in [0, 0.05) is 18.9 Å². The first-order chi connectivity index (χ1) is 8.19. The summed E-state index contributed by atoms with van der Waals surface area (Å²) in [4.78, 5) is 11.2. The number of anilines is 2. The van der Waals surface area contributed by atoms with Crippen LogP contribution in [0.3, 0.4) is 0 Å². The van der Waals surface area contributed by atoms with Crippen molar-refractivity contribution in [3.05, 3.63) is 42.2 Å². The SMILES string of the molecule is COC(=O)c1ccc(Nc2cnn(C)c2)cc1. The second-order valence-corrected chi connectivity index (χ2v) is 3.60. The summed E-state index contributed by atoms with van der Waals surface area (Å²) in [6.45, 7) is 0. The van der Waals surface area contributed by atoms with Crippen LogP contribution in [-0.4, -0.2) is 22.9 Å². The molecule has 0 amide bonds. The van der Waals surface area contributed by atoms with Crippen molar-refractivity contribution in [2.24, 2.45) is 7.05 Å². The second kappa shape index (κ2) is 4.69. The Morgan fingerprint density at radius 1 is 1.29 bits per heavy atom. The molecule has 0 saturated carbocycles. The molecule has 0 aliphatic heterocycles. The zero-order valence-electron chi connectivity index (χ0n) is 9.68. The molecule has 2 aromatic rings. The van der Waals surface area contributed by atoms with Crippen LogP contribution in [0.4, 0.5) is 11.4 Å². The Labute approximate surface area is 99.0 Å². The number of aromatic nitrogens is 2. The van der Waals surface area contributed by atoms with Gasteiger partial charge in [0.2, 0.25) is 0 Å². The number of nitrogens with one attached hydrogen (secondary N) is 1. The van der Waals surface area contributed by atoms with Crippen LogP contribution in [0, 0.1) is 0 Å². The lowest BCUT2D eigenvalue weighted by Gasteiger charge is -2.04. The number of nitrogens with zero attached hydrogens (tertiary/aromatic N) is 2. The smallest absolute Gasteiger partial charge is 0.337 e. The minimum atomic E-state index is -0.335. The van der Waals surface area contributed by atoms with E-state index in [4.69, 9.17) is 0 Å². The van der Waals surface area contributed by atoms with Crippen molar-refractivity contribution >= 4 is 17.3 Å². The topological polar surface area (TPSA) is 56.1 Å². The van der Waals surface area contributed by atoms with Crippen molar-refractivity contribution < 1.29 is 9.53 Å². The fraction of sp³-hybridized carbons (Fsp3) is 0.167. The summed E-state index contributed by atoms with van der Waals surface area (Å²) in [6, 6.07) is 7.06. The third-order valence-corrected chi connectivity index (χ3v) is 2.30. The van der Waals surface area contributed by atoms with E-state index in [0.717, 1.165) is 11.4 Å². The number of esters is 1. The first-order valence-electron chi connectivity index (χ1n) is 5.13. The van der Waals surface area contributed by atoms with E-state index in [-0.39, 0.29) is 5.97 Å². The molecule has 2 rings (SSSR count). The maximum absolute atomic E-state index is 11.2. The molecule has 1 heterocycles. The number of carbonyl (C=O) groups is 1. The van der Waals surface area contributed by atoms with Gasteiger partial charge in [-0.3, -0.25) is 4.68 Å². The zero-order valence-corrected chi connectivity index (χ0v) is 9.68. The number of hydrogen-bond acceptors (Lipinski definition) is 4. The molecule has 1 N–H and O–H groups in total. The Kier molecular flexibility index (Phi) is 3.09. The minimum absolute atomic E-state index is 0.335. The highest BCUT2D eigenvalue weighted by Gasteiger charge is 2.04. The number of ether oxygens (including phenoxy) is 1. The van der Waals surface area contributed by atoms with Gasteiger partial charge in [0.15, 0.2) is 0 Å². The Morgan fingerprint density at radius 3 is 2.53 bits per heavy atom. The Bertz CT molecular complexity index is 517. The van der Waals surface area contributed by atoms with Crippen molar-refractivity contribution in [3.8, 4) is 0 Å². The molecule has 0 saturated heterocycles. The van der Waals surface area contributed by atoms with E-state index in [2.05, 4.69) is 15.2 Å². The molecule has 0 radical (unpaired) electrons. The normalized spacial score (nSPS) is 10.0. The molecule has 0 spiro atoms. The van der Waals surface area contributed by atoms with Crippen LogP contribution in [-0.2, 0) is 11.8 Å². The van der Waals surface area contributed by atoms with E-state index in [0.29, 0.717) is 5.56 Å². The summed E-state index contributed by atoms with van der Waals surface area (Å²) in [5, 5.41) is 7.23. The molecule has 1 aromatic heterocycles. The third kappa shape index (κ3) is 2.63. The van der Waals surface area contributed by atoms with E-state index >= 15 is 0 Å². The van der Waals surface area contributed by atoms with Crippen molar-refractivity contribution in [1.82, 2.24) is 9.78 Å². The van der Waals surface area contributed by atoms with Gasteiger partial charge in [-0.05, 0) is 24.3 Å². The average Bonchev–Trinajstić information content (AvgIpc) is 2.75. The standard InChI is InChI=1S/C12H13N3O2/c1-15-8-11(7-13-15)14-10-5-3-9(4-6-10)12(16)17-2/h3-8,14H,1-2H3. The van der Waals surface area contributed by atoms with Crippen LogP contribution in [0.5, 0.6) is 0 Å².